The van der Waals surface area contributed by atoms with E-state index in [9.17, 15) is 4.79 Å². The number of pyridine rings is 1. The molecule has 0 atom stereocenters. The third-order valence-corrected chi connectivity index (χ3v) is 5.74. The SMILES string of the molecule is Cc1nc2ccc(-n3ncc(C(=O)c4cc5cc(-c6cccnc6)ccc5[nH]4)c3N)cc2[nH]1. The number of imidazole rings is 1. The number of nitrogens with two attached hydrogens (primary N) is 1. The fourth-order valence-corrected chi connectivity index (χ4v) is 4.11. The van der Waals surface area contributed by atoms with Gasteiger partial charge < -0.3 is 15.7 Å². The van der Waals surface area contributed by atoms with Gasteiger partial charge in [-0.3, -0.25) is 9.78 Å². The van der Waals surface area contributed by atoms with Gasteiger partial charge in [-0.2, -0.15) is 5.10 Å². The van der Waals surface area contributed by atoms with Crippen LogP contribution in [-0.2, 0) is 0 Å². The van der Waals surface area contributed by atoms with Gasteiger partial charge in [0.15, 0.2) is 0 Å². The molecular weight excluding hydrogens is 414 g/mol. The molecule has 0 saturated heterocycles. The minimum atomic E-state index is -0.212. The second kappa shape index (κ2) is 7.16. The molecule has 0 unspecified atom stereocenters. The third kappa shape index (κ3) is 3.16. The van der Waals surface area contributed by atoms with Gasteiger partial charge in [-0.15, -0.1) is 0 Å². The van der Waals surface area contributed by atoms with E-state index in [4.69, 9.17) is 5.73 Å². The van der Waals surface area contributed by atoms with E-state index in [1.807, 2.05) is 67.7 Å². The second-order valence-electron chi connectivity index (χ2n) is 7.93. The summed E-state index contributed by atoms with van der Waals surface area (Å²) in [5.74, 6) is 0.901. The molecule has 0 bridgehead atoms. The second-order valence-corrected chi connectivity index (χ2v) is 7.93. The number of nitrogens with zero attached hydrogens (tertiary/aromatic N) is 4. The number of aryl methyl sites for hydroxylation is 1. The van der Waals surface area contributed by atoms with Crippen molar-refractivity contribution in [3.8, 4) is 16.8 Å². The van der Waals surface area contributed by atoms with E-state index < -0.39 is 0 Å². The Morgan fingerprint density at radius 2 is 1.88 bits per heavy atom. The topological polar surface area (TPSA) is 118 Å². The van der Waals surface area contributed by atoms with E-state index in [1.54, 1.807) is 10.9 Å². The third-order valence-electron chi connectivity index (χ3n) is 5.74. The zero-order valence-electron chi connectivity index (χ0n) is 17.7. The summed E-state index contributed by atoms with van der Waals surface area (Å²) in [6.07, 6.45) is 5.07. The van der Waals surface area contributed by atoms with E-state index in [1.165, 1.54) is 6.20 Å². The number of nitrogen functional groups attached to an aromatic ring is 1. The van der Waals surface area contributed by atoms with Crippen LogP contribution in [0.3, 0.4) is 0 Å². The molecule has 4 N–H and O–H groups in total. The first kappa shape index (κ1) is 19.0. The fourth-order valence-electron chi connectivity index (χ4n) is 4.11. The van der Waals surface area contributed by atoms with E-state index >= 15 is 0 Å². The summed E-state index contributed by atoms with van der Waals surface area (Å²) in [6.45, 7) is 1.90. The Labute approximate surface area is 188 Å². The maximum absolute atomic E-state index is 13.3. The summed E-state index contributed by atoms with van der Waals surface area (Å²) in [6, 6.07) is 17.4. The van der Waals surface area contributed by atoms with Gasteiger partial charge in [0.25, 0.3) is 0 Å². The normalized spacial score (nSPS) is 11.4. The fraction of sp³-hybridized carbons (Fsp3) is 0.0400. The molecular formula is C25H19N7O. The zero-order chi connectivity index (χ0) is 22.5. The van der Waals surface area contributed by atoms with Crippen LogP contribution < -0.4 is 5.73 Å². The molecule has 4 heterocycles. The monoisotopic (exact) mass is 433 g/mol. The summed E-state index contributed by atoms with van der Waals surface area (Å²) in [4.78, 5) is 28.3. The molecule has 0 radical (unpaired) electrons. The van der Waals surface area contributed by atoms with Crippen LogP contribution in [0, 0.1) is 6.92 Å². The van der Waals surface area contributed by atoms with Crippen molar-refractivity contribution in [3.63, 3.8) is 0 Å². The Morgan fingerprint density at radius 1 is 0.970 bits per heavy atom. The van der Waals surface area contributed by atoms with Crippen molar-refractivity contribution in [2.24, 2.45) is 0 Å². The smallest absolute Gasteiger partial charge is 0.214 e. The molecule has 8 heteroatoms. The first-order chi connectivity index (χ1) is 16.1. The predicted molar refractivity (Wildman–Crippen MR) is 127 cm³/mol. The molecule has 8 nitrogen and oxygen atoms in total. The van der Waals surface area contributed by atoms with Crippen molar-refractivity contribution in [1.29, 1.82) is 0 Å². The Hall–Kier alpha value is -4.72. The van der Waals surface area contributed by atoms with Crippen molar-refractivity contribution < 1.29 is 4.79 Å². The number of hydrogen-bond acceptors (Lipinski definition) is 5. The number of benzene rings is 2. The van der Waals surface area contributed by atoms with Gasteiger partial charge >= 0.3 is 0 Å². The number of ketones is 1. The van der Waals surface area contributed by atoms with Gasteiger partial charge in [0.1, 0.15) is 11.6 Å². The molecule has 0 fully saturated rings. The van der Waals surface area contributed by atoms with E-state index in [2.05, 4.69) is 25.0 Å². The van der Waals surface area contributed by atoms with Crippen LogP contribution in [0.2, 0.25) is 0 Å². The summed E-state index contributed by atoms with van der Waals surface area (Å²) in [7, 11) is 0. The van der Waals surface area contributed by atoms with Gasteiger partial charge in [0, 0.05) is 28.9 Å². The highest BCUT2D eigenvalue weighted by atomic mass is 16.1. The molecule has 0 aliphatic rings. The molecule has 0 amide bonds. The molecule has 0 saturated carbocycles. The maximum atomic E-state index is 13.3. The Morgan fingerprint density at radius 3 is 2.73 bits per heavy atom. The number of carbonyl (C=O) groups excluding carboxylic acids is 1. The van der Waals surface area contributed by atoms with Crippen LogP contribution in [0.1, 0.15) is 21.9 Å². The van der Waals surface area contributed by atoms with E-state index in [-0.39, 0.29) is 11.6 Å². The molecule has 0 spiro atoms. The Kier molecular flexibility index (Phi) is 4.13. The lowest BCUT2D eigenvalue weighted by Crippen LogP contribution is -2.07. The molecule has 4 aromatic heterocycles. The van der Waals surface area contributed by atoms with Gasteiger partial charge in [-0.1, -0.05) is 12.1 Å². The number of aromatic amines is 2. The van der Waals surface area contributed by atoms with Crippen molar-refractivity contribution in [2.45, 2.75) is 6.92 Å². The van der Waals surface area contributed by atoms with Crippen LogP contribution >= 0.6 is 0 Å². The van der Waals surface area contributed by atoms with Crippen LogP contribution in [0.15, 0.2) is 73.2 Å². The summed E-state index contributed by atoms with van der Waals surface area (Å²) in [5.41, 5.74) is 12.6. The first-order valence-corrected chi connectivity index (χ1v) is 10.4. The summed E-state index contributed by atoms with van der Waals surface area (Å²) in [5, 5.41) is 5.31. The zero-order valence-corrected chi connectivity index (χ0v) is 17.7. The number of carbonyl (C=O) groups is 1. The van der Waals surface area contributed by atoms with E-state index in [0.29, 0.717) is 11.3 Å². The number of aromatic nitrogens is 6. The maximum Gasteiger partial charge on any atom is 0.214 e. The Bertz CT molecular complexity index is 1660. The largest absolute Gasteiger partial charge is 0.383 e. The van der Waals surface area contributed by atoms with Crippen LogP contribution in [-0.4, -0.2) is 35.5 Å². The summed E-state index contributed by atoms with van der Waals surface area (Å²) < 4.78 is 1.56. The van der Waals surface area contributed by atoms with Crippen LogP contribution in [0.4, 0.5) is 5.82 Å². The number of nitrogens with one attached hydrogen (secondary N) is 2. The minimum absolute atomic E-state index is 0.212. The highest BCUT2D eigenvalue weighted by Gasteiger charge is 2.20. The van der Waals surface area contributed by atoms with Crippen molar-refractivity contribution in [2.75, 3.05) is 5.73 Å². The lowest BCUT2D eigenvalue weighted by molar-refractivity contribution is 0.103. The average molecular weight is 433 g/mol. The van der Waals surface area contributed by atoms with Crippen molar-refractivity contribution in [3.05, 3.63) is 90.3 Å². The predicted octanol–water partition coefficient (Wildman–Crippen LogP) is 4.41. The number of anilines is 1. The van der Waals surface area contributed by atoms with E-state index in [0.717, 1.165) is 44.6 Å². The highest BCUT2D eigenvalue weighted by Crippen LogP contribution is 2.27. The molecule has 33 heavy (non-hydrogen) atoms. The highest BCUT2D eigenvalue weighted by molar-refractivity contribution is 6.12. The van der Waals surface area contributed by atoms with Crippen LogP contribution in [0.5, 0.6) is 0 Å². The molecule has 6 rings (SSSR count). The molecule has 2 aromatic carbocycles. The standard InChI is InChI=1S/C25H19N7O/c1-14-29-21-7-5-18(11-22(21)30-14)32-25(26)19(13-28-32)24(33)23-10-17-9-15(4-6-20(17)31-23)16-3-2-8-27-12-16/h2-13,31H,26H2,1H3,(H,29,30). The van der Waals surface area contributed by atoms with Crippen LogP contribution in [0.25, 0.3) is 38.8 Å². The molecule has 160 valence electrons. The lowest BCUT2D eigenvalue weighted by atomic mass is 10.1. The van der Waals surface area contributed by atoms with Gasteiger partial charge in [-0.25, -0.2) is 9.67 Å². The number of H-pyrrole nitrogens is 2. The Balaban J connectivity index is 1.35. The van der Waals surface area contributed by atoms with Crippen molar-refractivity contribution in [1.82, 2.24) is 29.7 Å². The average Bonchev–Trinajstić information content (AvgIpc) is 3.53. The number of rotatable bonds is 4. The molecule has 6 aromatic rings. The first-order valence-electron chi connectivity index (χ1n) is 10.4. The van der Waals surface area contributed by atoms with Gasteiger partial charge in [0.05, 0.1) is 34.2 Å². The number of hydrogen-bond donors (Lipinski definition) is 3. The quantitative estimate of drug-likeness (QED) is 0.356. The molecule has 0 aliphatic carbocycles. The lowest BCUT2D eigenvalue weighted by Gasteiger charge is -2.05. The molecule has 0 aliphatic heterocycles. The number of fused-ring (bicyclic) bond motifs is 2. The van der Waals surface area contributed by atoms with Gasteiger partial charge in [0.2, 0.25) is 5.78 Å². The summed E-state index contributed by atoms with van der Waals surface area (Å²) >= 11 is 0. The minimum Gasteiger partial charge on any atom is -0.383 e. The van der Waals surface area contributed by atoms with Gasteiger partial charge in [-0.05, 0) is 55.0 Å². The van der Waals surface area contributed by atoms with Crippen molar-refractivity contribution >= 4 is 33.5 Å².